The van der Waals surface area contributed by atoms with Gasteiger partial charge in [-0.3, -0.25) is 9.20 Å². The van der Waals surface area contributed by atoms with E-state index in [-0.39, 0.29) is 24.1 Å². The van der Waals surface area contributed by atoms with Crippen molar-refractivity contribution in [3.8, 4) is 5.75 Å². The van der Waals surface area contributed by atoms with Crippen LogP contribution in [0.15, 0.2) is 30.5 Å². The van der Waals surface area contributed by atoms with Gasteiger partial charge >= 0.3 is 0 Å². The summed E-state index contributed by atoms with van der Waals surface area (Å²) in [7, 11) is 0. The predicted octanol–water partition coefficient (Wildman–Crippen LogP) is 3.68. The lowest BCUT2D eigenvalue weighted by Crippen LogP contribution is -2.41. The molecule has 1 aromatic carbocycles. The van der Waals surface area contributed by atoms with Gasteiger partial charge in [-0.25, -0.2) is 13.8 Å². The second-order valence-electron chi connectivity index (χ2n) is 7.98. The van der Waals surface area contributed by atoms with Crippen LogP contribution in [0.4, 0.5) is 8.78 Å². The van der Waals surface area contributed by atoms with Gasteiger partial charge in [0.2, 0.25) is 0 Å². The normalized spacial score (nSPS) is 16.8. The molecule has 1 aliphatic heterocycles. The minimum atomic E-state index is -0.666. The van der Waals surface area contributed by atoms with Gasteiger partial charge in [-0.05, 0) is 57.0 Å². The van der Waals surface area contributed by atoms with Gasteiger partial charge in [-0.2, -0.15) is 0 Å². The number of hydrogen-bond donors (Lipinski definition) is 2. The molecule has 0 aliphatic carbocycles. The highest BCUT2D eigenvalue weighted by Crippen LogP contribution is 2.26. The van der Waals surface area contributed by atoms with Crippen LogP contribution in [0.2, 0.25) is 0 Å². The first kappa shape index (κ1) is 21.2. The van der Waals surface area contributed by atoms with E-state index in [1.54, 1.807) is 17.4 Å². The predicted molar refractivity (Wildman–Crippen MR) is 113 cm³/mol. The number of aryl methyl sites for hydroxylation is 2. The number of pyridine rings is 1. The third kappa shape index (κ3) is 4.54. The fraction of sp³-hybridized carbons (Fsp3) is 0.391. The second kappa shape index (κ2) is 9.01. The molecule has 3 heterocycles. The molecule has 0 spiro atoms. The molecule has 164 valence electrons. The molecule has 1 unspecified atom stereocenters. The molecule has 31 heavy (non-hydrogen) atoms. The van der Waals surface area contributed by atoms with Gasteiger partial charge < -0.3 is 15.4 Å². The minimum Gasteiger partial charge on any atom is -0.485 e. The van der Waals surface area contributed by atoms with Crippen molar-refractivity contribution in [2.75, 3.05) is 13.1 Å². The lowest BCUT2D eigenvalue weighted by molar-refractivity contribution is 0.0929. The molecule has 0 bridgehead atoms. The van der Waals surface area contributed by atoms with Gasteiger partial charge in [0.15, 0.2) is 11.4 Å². The van der Waals surface area contributed by atoms with Gasteiger partial charge in [0.25, 0.3) is 5.91 Å². The van der Waals surface area contributed by atoms with Gasteiger partial charge in [0.05, 0.1) is 11.3 Å². The zero-order valence-electron chi connectivity index (χ0n) is 17.7. The number of amides is 1. The van der Waals surface area contributed by atoms with E-state index in [2.05, 4.69) is 15.6 Å². The maximum atomic E-state index is 14.0. The van der Waals surface area contributed by atoms with Crippen molar-refractivity contribution in [2.24, 2.45) is 0 Å². The first-order valence-electron chi connectivity index (χ1n) is 10.5. The number of aromatic nitrogens is 2. The minimum absolute atomic E-state index is 0.0597. The summed E-state index contributed by atoms with van der Waals surface area (Å²) < 4.78 is 35.4. The number of hydrogen-bond acceptors (Lipinski definition) is 4. The van der Waals surface area contributed by atoms with Crippen LogP contribution in [0.5, 0.6) is 5.75 Å². The number of imidazole rings is 1. The molecule has 0 saturated carbocycles. The maximum Gasteiger partial charge on any atom is 0.270 e. The summed E-state index contributed by atoms with van der Waals surface area (Å²) in [6.45, 7) is 5.05. The lowest BCUT2D eigenvalue weighted by atomic mass is 10.1. The molecule has 2 N–H and O–H groups in total. The number of benzene rings is 1. The van der Waals surface area contributed by atoms with Crippen LogP contribution in [0.25, 0.3) is 5.65 Å². The molecule has 4 rings (SSSR count). The fourth-order valence-corrected chi connectivity index (χ4v) is 3.95. The summed E-state index contributed by atoms with van der Waals surface area (Å²) in [5, 5.41) is 6.44. The fourth-order valence-electron chi connectivity index (χ4n) is 3.95. The zero-order valence-corrected chi connectivity index (χ0v) is 17.7. The number of rotatable bonds is 5. The number of nitrogens with one attached hydrogen (secondary N) is 2. The monoisotopic (exact) mass is 428 g/mol. The van der Waals surface area contributed by atoms with Crippen LogP contribution in [-0.4, -0.2) is 34.4 Å². The number of fused-ring (bicyclic) bond motifs is 1. The molecule has 1 saturated heterocycles. The van der Waals surface area contributed by atoms with E-state index < -0.39 is 11.6 Å². The molecule has 6 nitrogen and oxygen atoms in total. The maximum absolute atomic E-state index is 14.0. The highest BCUT2D eigenvalue weighted by Gasteiger charge is 2.23. The van der Waals surface area contributed by atoms with E-state index >= 15 is 0 Å². The number of carbonyl (C=O) groups is 1. The number of ether oxygens (including phenoxy) is 1. The molecule has 1 aliphatic rings. The summed E-state index contributed by atoms with van der Waals surface area (Å²) in [4.78, 5) is 17.6. The largest absolute Gasteiger partial charge is 0.485 e. The Balaban J connectivity index is 1.62. The van der Waals surface area contributed by atoms with Gasteiger partial charge in [0, 0.05) is 18.8 Å². The van der Waals surface area contributed by atoms with Crippen molar-refractivity contribution in [2.45, 2.75) is 45.8 Å². The van der Waals surface area contributed by atoms with Crippen LogP contribution in [0.1, 0.15) is 46.6 Å². The average Bonchev–Trinajstić information content (AvgIpc) is 2.87. The van der Waals surface area contributed by atoms with Crippen molar-refractivity contribution in [3.05, 3.63) is 64.6 Å². The van der Waals surface area contributed by atoms with Gasteiger partial charge in [0.1, 0.15) is 23.9 Å². The highest BCUT2D eigenvalue weighted by molar-refractivity contribution is 5.95. The Hall–Kier alpha value is -3.00. The zero-order chi connectivity index (χ0) is 22.0. The molecule has 2 aromatic heterocycles. The van der Waals surface area contributed by atoms with E-state index in [0.717, 1.165) is 37.9 Å². The van der Waals surface area contributed by atoms with Crippen molar-refractivity contribution in [1.82, 2.24) is 20.0 Å². The molecule has 1 amide bonds. The van der Waals surface area contributed by atoms with Crippen LogP contribution < -0.4 is 15.4 Å². The van der Waals surface area contributed by atoms with Crippen LogP contribution >= 0.6 is 0 Å². The van der Waals surface area contributed by atoms with Crippen molar-refractivity contribution >= 4 is 11.6 Å². The molecular formula is C23H26F2N4O2. The number of nitrogens with zero attached hydrogens (tertiary/aromatic N) is 2. The third-order valence-electron chi connectivity index (χ3n) is 5.53. The summed E-state index contributed by atoms with van der Waals surface area (Å²) in [6.07, 6.45) is 4.90. The van der Waals surface area contributed by atoms with E-state index in [9.17, 15) is 13.6 Å². The lowest BCUT2D eigenvalue weighted by Gasteiger charge is -2.16. The van der Waals surface area contributed by atoms with Crippen LogP contribution in [-0.2, 0) is 6.61 Å². The molecule has 3 aromatic rings. The molecule has 0 radical (unpaired) electrons. The first-order chi connectivity index (χ1) is 14.9. The summed E-state index contributed by atoms with van der Waals surface area (Å²) in [5.74, 6) is -1.17. The number of carbonyl (C=O) groups excluding carboxylic acids is 1. The average molecular weight is 428 g/mol. The Labute approximate surface area is 179 Å². The van der Waals surface area contributed by atoms with Crippen molar-refractivity contribution in [3.63, 3.8) is 0 Å². The van der Waals surface area contributed by atoms with Gasteiger partial charge in [-0.1, -0.05) is 12.5 Å². The van der Waals surface area contributed by atoms with Crippen molar-refractivity contribution < 1.29 is 18.3 Å². The first-order valence-corrected chi connectivity index (χ1v) is 10.5. The Morgan fingerprint density at radius 1 is 1.29 bits per heavy atom. The Morgan fingerprint density at radius 2 is 2.06 bits per heavy atom. The second-order valence-corrected chi connectivity index (χ2v) is 7.98. The molecule has 1 atom stereocenters. The third-order valence-corrected chi connectivity index (χ3v) is 5.53. The van der Waals surface area contributed by atoms with E-state index in [0.29, 0.717) is 22.8 Å². The van der Waals surface area contributed by atoms with Crippen molar-refractivity contribution in [1.29, 1.82) is 0 Å². The van der Waals surface area contributed by atoms with E-state index in [1.807, 2.05) is 13.1 Å². The molecule has 1 fully saturated rings. The summed E-state index contributed by atoms with van der Waals surface area (Å²) >= 11 is 0. The highest BCUT2D eigenvalue weighted by atomic mass is 19.1. The smallest absolute Gasteiger partial charge is 0.270 e. The topological polar surface area (TPSA) is 67.7 Å². The Kier molecular flexibility index (Phi) is 6.18. The summed E-state index contributed by atoms with van der Waals surface area (Å²) in [5.41, 5.74) is 2.11. The molecular weight excluding hydrogens is 402 g/mol. The number of halogens is 2. The Bertz CT molecular complexity index is 1080. The molecule has 8 heteroatoms. The van der Waals surface area contributed by atoms with E-state index in [4.69, 9.17) is 4.74 Å². The SMILES string of the molecule is Cc1cc(OCc2c(F)cccc2F)c2nc(C)c(C(=O)NC3CCCCNC3)n2c1. The van der Waals surface area contributed by atoms with E-state index in [1.165, 1.54) is 18.2 Å². The quantitative estimate of drug-likeness (QED) is 0.651. The van der Waals surface area contributed by atoms with Gasteiger partial charge in [-0.15, -0.1) is 0 Å². The van der Waals surface area contributed by atoms with Crippen LogP contribution in [0.3, 0.4) is 0 Å². The Morgan fingerprint density at radius 3 is 2.84 bits per heavy atom. The van der Waals surface area contributed by atoms with Crippen LogP contribution in [0, 0.1) is 25.5 Å². The standard InChI is InChI=1S/C23H26F2N4O2/c1-14-10-20(31-13-17-18(24)7-5-8-19(17)25)22-27-15(2)21(29(22)12-14)23(30)28-16-6-3-4-9-26-11-16/h5,7-8,10,12,16,26H,3-4,6,9,11,13H2,1-2H3,(H,28,30). The summed E-state index contributed by atoms with van der Waals surface area (Å²) in [6, 6.07) is 5.50.